The van der Waals surface area contributed by atoms with Gasteiger partial charge in [-0.15, -0.1) is 0 Å². The molecule has 1 N–H and O–H groups in total. The first-order chi connectivity index (χ1) is 8.27. The Morgan fingerprint density at radius 1 is 1.29 bits per heavy atom. The van der Waals surface area contributed by atoms with Crippen molar-refractivity contribution in [3.8, 4) is 5.75 Å². The van der Waals surface area contributed by atoms with E-state index in [1.165, 1.54) is 5.56 Å². The second-order valence-electron chi connectivity index (χ2n) is 4.05. The van der Waals surface area contributed by atoms with Gasteiger partial charge >= 0.3 is 0 Å². The maximum Gasteiger partial charge on any atom is 0.119 e. The number of benzene rings is 1. The standard InChI is InChI=1S/C14H23NO2/c1-4-15-12(2)13-7-5-8-14(11-13)17-10-6-9-16-3/h5,7-8,11-12,15H,4,6,9-10H2,1-3H3. The molecule has 0 amide bonds. The monoisotopic (exact) mass is 237 g/mol. The lowest BCUT2D eigenvalue weighted by atomic mass is 10.1. The zero-order valence-electron chi connectivity index (χ0n) is 11.0. The van der Waals surface area contributed by atoms with Crippen LogP contribution in [0.3, 0.4) is 0 Å². The zero-order valence-corrected chi connectivity index (χ0v) is 11.0. The van der Waals surface area contributed by atoms with Crippen molar-refractivity contribution in [3.05, 3.63) is 29.8 Å². The Morgan fingerprint density at radius 3 is 2.82 bits per heavy atom. The number of methoxy groups -OCH3 is 1. The Kier molecular flexibility index (Phi) is 6.67. The maximum atomic E-state index is 5.67. The summed E-state index contributed by atoms with van der Waals surface area (Å²) in [4.78, 5) is 0. The van der Waals surface area contributed by atoms with Crippen LogP contribution in [-0.2, 0) is 4.74 Å². The van der Waals surface area contributed by atoms with E-state index < -0.39 is 0 Å². The normalized spacial score (nSPS) is 12.4. The van der Waals surface area contributed by atoms with E-state index in [0.29, 0.717) is 12.6 Å². The van der Waals surface area contributed by atoms with Crippen LogP contribution in [0.15, 0.2) is 24.3 Å². The number of rotatable bonds is 8. The lowest BCUT2D eigenvalue weighted by Crippen LogP contribution is -2.17. The van der Waals surface area contributed by atoms with Gasteiger partial charge in [0, 0.05) is 26.2 Å². The zero-order chi connectivity index (χ0) is 12.5. The van der Waals surface area contributed by atoms with Crippen molar-refractivity contribution in [3.63, 3.8) is 0 Å². The second kappa shape index (κ2) is 8.09. The molecule has 0 saturated carbocycles. The molecule has 1 atom stereocenters. The smallest absolute Gasteiger partial charge is 0.119 e. The van der Waals surface area contributed by atoms with E-state index in [2.05, 4.69) is 31.3 Å². The molecule has 1 aromatic carbocycles. The van der Waals surface area contributed by atoms with Gasteiger partial charge in [0.25, 0.3) is 0 Å². The highest BCUT2D eigenvalue weighted by molar-refractivity contribution is 5.30. The third-order valence-corrected chi connectivity index (χ3v) is 2.63. The molecule has 0 heterocycles. The number of nitrogens with one attached hydrogen (secondary N) is 1. The summed E-state index contributed by atoms with van der Waals surface area (Å²) >= 11 is 0. The molecule has 0 aliphatic heterocycles. The number of hydrogen-bond acceptors (Lipinski definition) is 3. The lowest BCUT2D eigenvalue weighted by molar-refractivity contribution is 0.172. The topological polar surface area (TPSA) is 30.5 Å². The van der Waals surface area contributed by atoms with Crippen molar-refractivity contribution in [1.82, 2.24) is 5.32 Å². The minimum atomic E-state index is 0.363. The fourth-order valence-electron chi connectivity index (χ4n) is 1.69. The average Bonchev–Trinajstić information content (AvgIpc) is 2.35. The summed E-state index contributed by atoms with van der Waals surface area (Å²) in [5.74, 6) is 0.934. The first-order valence-corrected chi connectivity index (χ1v) is 6.23. The Morgan fingerprint density at radius 2 is 2.12 bits per heavy atom. The third kappa shape index (κ3) is 5.20. The molecule has 1 unspecified atom stereocenters. The van der Waals surface area contributed by atoms with Gasteiger partial charge in [0.15, 0.2) is 0 Å². The summed E-state index contributed by atoms with van der Waals surface area (Å²) in [6.07, 6.45) is 0.920. The third-order valence-electron chi connectivity index (χ3n) is 2.63. The number of hydrogen-bond donors (Lipinski definition) is 1. The van der Waals surface area contributed by atoms with E-state index in [0.717, 1.165) is 25.3 Å². The van der Waals surface area contributed by atoms with Crippen molar-refractivity contribution in [2.45, 2.75) is 26.3 Å². The molecule has 0 bridgehead atoms. The van der Waals surface area contributed by atoms with Crippen molar-refractivity contribution < 1.29 is 9.47 Å². The van der Waals surface area contributed by atoms with Gasteiger partial charge < -0.3 is 14.8 Å². The first-order valence-electron chi connectivity index (χ1n) is 6.23. The van der Waals surface area contributed by atoms with Crippen molar-refractivity contribution in [2.24, 2.45) is 0 Å². The quantitative estimate of drug-likeness (QED) is 0.705. The molecule has 96 valence electrons. The molecule has 3 nitrogen and oxygen atoms in total. The Balaban J connectivity index is 2.47. The molecule has 0 aliphatic carbocycles. The lowest BCUT2D eigenvalue weighted by Gasteiger charge is -2.14. The van der Waals surface area contributed by atoms with E-state index in [9.17, 15) is 0 Å². The summed E-state index contributed by atoms with van der Waals surface area (Å²) in [5.41, 5.74) is 1.26. The summed E-state index contributed by atoms with van der Waals surface area (Å²) in [6, 6.07) is 8.61. The molecule has 0 spiro atoms. The molecular weight excluding hydrogens is 214 g/mol. The van der Waals surface area contributed by atoms with Crippen LogP contribution in [0.2, 0.25) is 0 Å². The second-order valence-corrected chi connectivity index (χ2v) is 4.05. The van der Waals surface area contributed by atoms with E-state index in [1.54, 1.807) is 7.11 Å². The van der Waals surface area contributed by atoms with E-state index in [1.807, 2.05) is 12.1 Å². The number of ether oxygens (including phenoxy) is 2. The van der Waals surface area contributed by atoms with Crippen LogP contribution < -0.4 is 10.1 Å². The molecule has 3 heteroatoms. The van der Waals surface area contributed by atoms with E-state index >= 15 is 0 Å². The Bertz CT molecular complexity index is 315. The highest BCUT2D eigenvalue weighted by Crippen LogP contribution is 2.19. The molecule has 0 radical (unpaired) electrons. The van der Waals surface area contributed by atoms with Crippen molar-refractivity contribution >= 4 is 0 Å². The summed E-state index contributed by atoms with van der Waals surface area (Å²) in [6.45, 7) is 6.69. The molecule has 0 aliphatic rings. The van der Waals surface area contributed by atoms with Crippen molar-refractivity contribution in [1.29, 1.82) is 0 Å². The minimum Gasteiger partial charge on any atom is -0.493 e. The molecule has 17 heavy (non-hydrogen) atoms. The van der Waals surface area contributed by atoms with Gasteiger partial charge in [-0.25, -0.2) is 0 Å². The van der Waals surface area contributed by atoms with Gasteiger partial charge in [-0.05, 0) is 31.2 Å². The fraction of sp³-hybridized carbons (Fsp3) is 0.571. The van der Waals surface area contributed by atoms with Crippen LogP contribution in [0, 0.1) is 0 Å². The van der Waals surface area contributed by atoms with Crippen LogP contribution in [0.5, 0.6) is 5.75 Å². The summed E-state index contributed by atoms with van der Waals surface area (Å²) < 4.78 is 10.7. The van der Waals surface area contributed by atoms with Crippen LogP contribution in [-0.4, -0.2) is 26.9 Å². The van der Waals surface area contributed by atoms with E-state index in [-0.39, 0.29) is 0 Å². The predicted octanol–water partition coefficient (Wildman–Crippen LogP) is 2.77. The Hall–Kier alpha value is -1.06. The summed E-state index contributed by atoms with van der Waals surface area (Å²) in [5, 5.41) is 3.39. The fourth-order valence-corrected chi connectivity index (χ4v) is 1.69. The van der Waals surface area contributed by atoms with Gasteiger partial charge in [0.1, 0.15) is 5.75 Å². The average molecular weight is 237 g/mol. The largest absolute Gasteiger partial charge is 0.493 e. The van der Waals surface area contributed by atoms with Gasteiger partial charge in [-0.1, -0.05) is 19.1 Å². The van der Waals surface area contributed by atoms with Gasteiger partial charge in [0.05, 0.1) is 6.61 Å². The first kappa shape index (κ1) is 14.0. The predicted molar refractivity (Wildman–Crippen MR) is 70.5 cm³/mol. The Labute approximate surface area is 104 Å². The SMILES string of the molecule is CCNC(C)c1cccc(OCCCOC)c1. The van der Waals surface area contributed by atoms with Crippen molar-refractivity contribution in [2.75, 3.05) is 26.9 Å². The molecule has 1 aromatic rings. The van der Waals surface area contributed by atoms with Crippen LogP contribution in [0.1, 0.15) is 31.9 Å². The van der Waals surface area contributed by atoms with Crippen LogP contribution in [0.25, 0.3) is 0 Å². The van der Waals surface area contributed by atoms with E-state index in [4.69, 9.17) is 9.47 Å². The highest BCUT2D eigenvalue weighted by Gasteiger charge is 2.04. The summed E-state index contributed by atoms with van der Waals surface area (Å²) in [7, 11) is 1.71. The minimum absolute atomic E-state index is 0.363. The molecule has 0 saturated heterocycles. The molecule has 1 rings (SSSR count). The molecular formula is C14H23NO2. The maximum absolute atomic E-state index is 5.67. The van der Waals surface area contributed by atoms with Crippen LogP contribution in [0.4, 0.5) is 0 Å². The van der Waals surface area contributed by atoms with Crippen LogP contribution >= 0.6 is 0 Å². The molecule has 0 aromatic heterocycles. The molecule has 0 fully saturated rings. The van der Waals surface area contributed by atoms with Gasteiger partial charge in [-0.2, -0.15) is 0 Å². The van der Waals surface area contributed by atoms with Gasteiger partial charge in [-0.3, -0.25) is 0 Å². The highest BCUT2D eigenvalue weighted by atomic mass is 16.5. The van der Waals surface area contributed by atoms with Gasteiger partial charge in [0.2, 0.25) is 0 Å².